The third-order valence-corrected chi connectivity index (χ3v) is 3.51. The van der Waals surface area contributed by atoms with Gasteiger partial charge in [-0.1, -0.05) is 0 Å². The summed E-state index contributed by atoms with van der Waals surface area (Å²) in [5.41, 5.74) is 4.60. The second kappa shape index (κ2) is 2.59. The van der Waals surface area contributed by atoms with Gasteiger partial charge in [0.1, 0.15) is 0 Å². The second-order valence-corrected chi connectivity index (χ2v) is 4.57. The highest BCUT2D eigenvalue weighted by Crippen LogP contribution is 2.12. The van der Waals surface area contributed by atoms with Crippen molar-refractivity contribution in [1.29, 1.82) is 0 Å². The molecule has 2 N–H and O–H groups in total. The monoisotopic (exact) mass is 192 g/mol. The minimum absolute atomic E-state index is 0.259. The zero-order valence-corrected chi connectivity index (χ0v) is 6.85. The lowest BCUT2D eigenvalue weighted by atomic mass is 11.0. The summed E-state index contributed by atoms with van der Waals surface area (Å²) < 4.78 is 21.5. The molecule has 5 nitrogen and oxygen atoms in total. The van der Waals surface area contributed by atoms with E-state index in [1.54, 1.807) is 0 Å². The van der Waals surface area contributed by atoms with Crippen molar-refractivity contribution >= 4 is 26.4 Å². The number of carbonyl (C=O) groups is 1. The smallest absolute Gasteiger partial charge is 0.341 e. The molecule has 11 heavy (non-hydrogen) atoms. The van der Waals surface area contributed by atoms with Crippen LogP contribution in [0.4, 0.5) is 4.79 Å². The lowest BCUT2D eigenvalue weighted by molar-refractivity contribution is 0.265. The summed E-state index contributed by atoms with van der Waals surface area (Å²) in [6.07, 6.45) is 1.29. The predicted octanol–water partition coefficient (Wildman–Crippen LogP) is -0.00450. The first-order valence-corrected chi connectivity index (χ1v) is 4.85. The topological polar surface area (TPSA) is 90.1 Å². The highest BCUT2D eigenvalue weighted by Gasteiger charge is 2.23. The van der Waals surface area contributed by atoms with Gasteiger partial charge in [0.2, 0.25) is 4.34 Å². The Kier molecular flexibility index (Phi) is 1.92. The summed E-state index contributed by atoms with van der Waals surface area (Å²) >= 11 is 0.858. The fourth-order valence-electron chi connectivity index (χ4n) is 0.429. The van der Waals surface area contributed by atoms with Gasteiger partial charge in [0.05, 0.1) is 0 Å². The number of carbonyl (C=O) groups excluding carboxylic acids is 1. The van der Waals surface area contributed by atoms with Crippen LogP contribution in [0.15, 0.2) is 15.9 Å². The molecule has 60 valence electrons. The summed E-state index contributed by atoms with van der Waals surface area (Å²) in [6, 6.07) is 0. The maximum absolute atomic E-state index is 10.9. The van der Waals surface area contributed by atoms with Crippen LogP contribution in [0.25, 0.3) is 0 Å². The van der Waals surface area contributed by atoms with Crippen molar-refractivity contribution in [1.82, 2.24) is 4.98 Å². The Labute approximate surface area is 66.8 Å². The molecule has 0 aliphatic rings. The summed E-state index contributed by atoms with van der Waals surface area (Å²) in [6.45, 7) is 0. The van der Waals surface area contributed by atoms with Crippen LogP contribution in [0.5, 0.6) is 0 Å². The van der Waals surface area contributed by atoms with Crippen LogP contribution in [0.2, 0.25) is 0 Å². The average Bonchev–Trinajstić information content (AvgIpc) is 2.37. The van der Waals surface area contributed by atoms with Gasteiger partial charge in [-0.2, -0.15) is 0 Å². The maximum Gasteiger partial charge on any atom is 0.341 e. The number of sulfone groups is 1. The van der Waals surface area contributed by atoms with Gasteiger partial charge >= 0.3 is 5.24 Å². The van der Waals surface area contributed by atoms with E-state index in [0.717, 1.165) is 11.3 Å². The van der Waals surface area contributed by atoms with E-state index in [4.69, 9.17) is 0 Å². The van der Waals surface area contributed by atoms with E-state index in [1.165, 1.54) is 11.6 Å². The van der Waals surface area contributed by atoms with Crippen molar-refractivity contribution in [3.05, 3.63) is 11.6 Å². The van der Waals surface area contributed by atoms with Crippen molar-refractivity contribution < 1.29 is 13.2 Å². The third kappa shape index (κ3) is 1.38. The molecule has 1 heterocycles. The zero-order valence-electron chi connectivity index (χ0n) is 5.22. The maximum atomic E-state index is 10.9. The molecule has 1 amide bonds. The minimum Gasteiger partial charge on any atom is -0.356 e. The summed E-state index contributed by atoms with van der Waals surface area (Å²) in [7, 11) is -3.99. The van der Waals surface area contributed by atoms with Gasteiger partial charge < -0.3 is 5.73 Å². The fourth-order valence-corrected chi connectivity index (χ4v) is 2.08. The fraction of sp³-hybridized carbons (Fsp3) is 0. The predicted molar refractivity (Wildman–Crippen MR) is 38.9 cm³/mol. The van der Waals surface area contributed by atoms with Crippen LogP contribution in [0.3, 0.4) is 0 Å². The molecule has 1 rings (SSSR count). The Morgan fingerprint density at radius 2 is 2.27 bits per heavy atom. The zero-order chi connectivity index (χ0) is 8.48. The highest BCUT2D eigenvalue weighted by atomic mass is 32.2. The first kappa shape index (κ1) is 8.15. The van der Waals surface area contributed by atoms with E-state index in [-0.39, 0.29) is 4.34 Å². The van der Waals surface area contributed by atoms with Crippen LogP contribution >= 0.6 is 11.3 Å². The van der Waals surface area contributed by atoms with E-state index in [0.29, 0.717) is 0 Å². The van der Waals surface area contributed by atoms with E-state index in [2.05, 4.69) is 10.7 Å². The van der Waals surface area contributed by atoms with Gasteiger partial charge in [0, 0.05) is 11.6 Å². The van der Waals surface area contributed by atoms with E-state index < -0.39 is 15.1 Å². The molecule has 1 aromatic rings. The summed E-state index contributed by atoms with van der Waals surface area (Å²) in [5, 5.41) is 0.0861. The summed E-state index contributed by atoms with van der Waals surface area (Å²) in [5.74, 6) is 0. The van der Waals surface area contributed by atoms with Gasteiger partial charge in [-0.25, -0.2) is 13.4 Å². The lowest BCUT2D eigenvalue weighted by Crippen LogP contribution is -2.21. The molecular formula is C4H4N2O3S2. The number of primary amides is 1. The number of nitrogens with two attached hydrogens (primary N) is 1. The number of hydrogen-bond donors (Lipinski definition) is 1. The van der Waals surface area contributed by atoms with Crippen molar-refractivity contribution in [2.45, 2.75) is 4.34 Å². The Balaban J connectivity index is 3.22. The normalized spacial score (nSPS) is 11.3. The molecule has 0 spiro atoms. The molecule has 1 aromatic heterocycles. The lowest BCUT2D eigenvalue weighted by Gasteiger charge is -1.90. The number of rotatable bonds is 1. The molecule has 0 fully saturated rings. The molecule has 0 saturated carbocycles. The first-order chi connectivity index (χ1) is 5.05. The van der Waals surface area contributed by atoms with Crippen molar-refractivity contribution in [3.8, 4) is 0 Å². The molecule has 0 unspecified atom stereocenters. The number of hydrogen-bond acceptors (Lipinski definition) is 5. The summed E-state index contributed by atoms with van der Waals surface area (Å²) in [4.78, 5) is 13.8. The van der Waals surface area contributed by atoms with Crippen LogP contribution < -0.4 is 5.73 Å². The van der Waals surface area contributed by atoms with Gasteiger partial charge in [-0.15, -0.1) is 11.3 Å². The average molecular weight is 192 g/mol. The minimum atomic E-state index is -3.99. The van der Waals surface area contributed by atoms with Gasteiger partial charge in [-0.05, 0) is 0 Å². The van der Waals surface area contributed by atoms with Crippen molar-refractivity contribution in [2.75, 3.05) is 0 Å². The number of nitrogens with zero attached hydrogens (tertiary/aromatic N) is 1. The Morgan fingerprint density at radius 1 is 1.64 bits per heavy atom. The Morgan fingerprint density at radius 3 is 2.64 bits per heavy atom. The molecule has 0 aromatic carbocycles. The molecule has 0 aliphatic heterocycles. The largest absolute Gasteiger partial charge is 0.356 e. The molecular weight excluding hydrogens is 188 g/mol. The molecule has 7 heteroatoms. The Bertz CT molecular complexity index is 353. The standard InChI is InChI=1S/C4H4N2O3S2/c5-3(7)11(8,9)4-6-1-2-10-4/h1-2H,(H2,5,7). The highest BCUT2D eigenvalue weighted by molar-refractivity contribution is 8.07. The van der Waals surface area contributed by atoms with Gasteiger partial charge in [-0.3, -0.25) is 4.79 Å². The molecule has 0 aliphatic carbocycles. The second-order valence-electron chi connectivity index (χ2n) is 1.62. The third-order valence-electron chi connectivity index (χ3n) is 0.904. The van der Waals surface area contributed by atoms with Crippen LogP contribution in [0, 0.1) is 0 Å². The van der Waals surface area contributed by atoms with Gasteiger partial charge in [0.15, 0.2) is 0 Å². The van der Waals surface area contributed by atoms with Crippen LogP contribution in [-0.2, 0) is 9.84 Å². The number of aromatic nitrogens is 1. The molecule has 0 radical (unpaired) electrons. The quantitative estimate of drug-likeness (QED) is 0.677. The SMILES string of the molecule is NC(=O)S(=O)(=O)c1nccs1. The van der Waals surface area contributed by atoms with Gasteiger partial charge in [0.25, 0.3) is 9.84 Å². The van der Waals surface area contributed by atoms with Crippen LogP contribution in [0.1, 0.15) is 0 Å². The Hall–Kier alpha value is -0.950. The molecule has 0 bridgehead atoms. The van der Waals surface area contributed by atoms with E-state index in [9.17, 15) is 13.2 Å². The molecule has 0 atom stereocenters. The van der Waals surface area contributed by atoms with E-state index in [1.807, 2.05) is 0 Å². The molecule has 0 saturated heterocycles. The number of amides is 1. The van der Waals surface area contributed by atoms with Crippen molar-refractivity contribution in [3.63, 3.8) is 0 Å². The van der Waals surface area contributed by atoms with E-state index >= 15 is 0 Å². The van der Waals surface area contributed by atoms with Crippen LogP contribution in [-0.4, -0.2) is 18.6 Å². The first-order valence-electron chi connectivity index (χ1n) is 2.49. The van der Waals surface area contributed by atoms with Crippen molar-refractivity contribution in [2.24, 2.45) is 5.73 Å². The number of thiazole rings is 1.